The molecule has 0 heterocycles. The van der Waals surface area contributed by atoms with E-state index in [1.165, 1.54) is 30.3 Å². The van der Waals surface area contributed by atoms with Gasteiger partial charge in [0.1, 0.15) is 12.4 Å². The molecule has 7 heteroatoms. The van der Waals surface area contributed by atoms with Crippen molar-refractivity contribution in [2.45, 2.75) is 6.61 Å². The number of esters is 1. The van der Waals surface area contributed by atoms with Crippen LogP contribution in [-0.4, -0.2) is 20.6 Å². The smallest absolute Gasteiger partial charge is 0.340 e. The van der Waals surface area contributed by atoms with Crippen LogP contribution in [0.3, 0.4) is 0 Å². The van der Waals surface area contributed by atoms with Crippen molar-refractivity contribution in [2.75, 3.05) is 11.0 Å². The Balaban J connectivity index is 2.15. The number of hydrogen-bond donors (Lipinski definition) is 1. The van der Waals surface area contributed by atoms with Crippen LogP contribution in [0.2, 0.25) is 0 Å². The number of hydrogen-bond acceptors (Lipinski definition) is 4. The molecule has 0 aliphatic heterocycles. The van der Waals surface area contributed by atoms with Crippen molar-refractivity contribution >= 4 is 21.7 Å². The van der Waals surface area contributed by atoms with Crippen LogP contribution >= 0.6 is 0 Å². The summed E-state index contributed by atoms with van der Waals surface area (Å²) in [6.07, 6.45) is 0.981. The molecule has 0 fully saturated rings. The first kappa shape index (κ1) is 16.0. The highest BCUT2D eigenvalue weighted by molar-refractivity contribution is 7.92. The monoisotopic (exact) mass is 323 g/mol. The third kappa shape index (κ3) is 4.29. The van der Waals surface area contributed by atoms with Gasteiger partial charge in [-0.1, -0.05) is 30.3 Å². The first-order chi connectivity index (χ1) is 10.4. The summed E-state index contributed by atoms with van der Waals surface area (Å²) in [5.74, 6) is -1.21. The van der Waals surface area contributed by atoms with Crippen LogP contribution in [0.15, 0.2) is 48.5 Å². The van der Waals surface area contributed by atoms with E-state index in [-0.39, 0.29) is 23.4 Å². The standard InChI is InChI=1S/C15H14FNO4S/c1-22(19,20)17-14-9-5-3-7-12(14)15(18)21-10-11-6-2-4-8-13(11)16/h2-9,17H,10H2,1H3. The molecule has 0 aromatic heterocycles. The minimum atomic E-state index is -3.52. The Hall–Kier alpha value is -2.41. The second kappa shape index (κ2) is 6.57. The maximum Gasteiger partial charge on any atom is 0.340 e. The topological polar surface area (TPSA) is 72.5 Å². The fourth-order valence-electron chi connectivity index (χ4n) is 1.79. The number of nitrogens with one attached hydrogen (secondary N) is 1. The van der Waals surface area contributed by atoms with Gasteiger partial charge in [-0.3, -0.25) is 4.72 Å². The molecule has 0 aliphatic carbocycles. The van der Waals surface area contributed by atoms with E-state index in [2.05, 4.69) is 4.72 Å². The molecule has 116 valence electrons. The molecule has 0 saturated carbocycles. The number of benzene rings is 2. The summed E-state index contributed by atoms with van der Waals surface area (Å²) < 4.78 is 43.3. The highest BCUT2D eigenvalue weighted by Gasteiger charge is 2.15. The first-order valence-electron chi connectivity index (χ1n) is 6.34. The van der Waals surface area contributed by atoms with E-state index in [0.29, 0.717) is 0 Å². The van der Waals surface area contributed by atoms with Crippen molar-refractivity contribution in [1.29, 1.82) is 0 Å². The fourth-order valence-corrected chi connectivity index (χ4v) is 2.36. The maximum atomic E-state index is 13.5. The van der Waals surface area contributed by atoms with Crippen LogP contribution in [-0.2, 0) is 21.4 Å². The zero-order valence-electron chi connectivity index (χ0n) is 11.7. The van der Waals surface area contributed by atoms with Gasteiger partial charge in [-0.15, -0.1) is 0 Å². The molecule has 0 unspecified atom stereocenters. The minimum absolute atomic E-state index is 0.0595. The molecule has 0 radical (unpaired) electrons. The van der Waals surface area contributed by atoms with Crippen molar-refractivity contribution in [3.63, 3.8) is 0 Å². The molecular formula is C15H14FNO4S. The number of carbonyl (C=O) groups excluding carboxylic acids is 1. The van der Waals surface area contributed by atoms with Crippen LogP contribution in [0.1, 0.15) is 15.9 Å². The molecule has 1 N–H and O–H groups in total. The molecule has 0 spiro atoms. The number of anilines is 1. The average Bonchev–Trinajstić information content (AvgIpc) is 2.45. The largest absolute Gasteiger partial charge is 0.457 e. The quantitative estimate of drug-likeness (QED) is 0.858. The predicted octanol–water partition coefficient (Wildman–Crippen LogP) is 2.55. The Morgan fingerprint density at radius 2 is 1.77 bits per heavy atom. The van der Waals surface area contributed by atoms with E-state index < -0.39 is 21.8 Å². The van der Waals surface area contributed by atoms with E-state index in [1.54, 1.807) is 18.2 Å². The van der Waals surface area contributed by atoms with Crippen LogP contribution in [0, 0.1) is 5.82 Å². The molecule has 0 aliphatic rings. The zero-order valence-corrected chi connectivity index (χ0v) is 12.6. The molecule has 5 nitrogen and oxygen atoms in total. The minimum Gasteiger partial charge on any atom is -0.457 e. The van der Waals surface area contributed by atoms with E-state index in [4.69, 9.17) is 4.74 Å². The SMILES string of the molecule is CS(=O)(=O)Nc1ccccc1C(=O)OCc1ccccc1F. The highest BCUT2D eigenvalue weighted by atomic mass is 32.2. The van der Waals surface area contributed by atoms with E-state index >= 15 is 0 Å². The molecule has 2 aromatic rings. The molecule has 0 saturated heterocycles. The van der Waals surface area contributed by atoms with Gasteiger partial charge in [-0.25, -0.2) is 17.6 Å². The third-order valence-corrected chi connectivity index (χ3v) is 3.35. The van der Waals surface area contributed by atoms with Crippen molar-refractivity contribution in [1.82, 2.24) is 0 Å². The Labute approximate surface area is 127 Å². The van der Waals surface area contributed by atoms with Crippen LogP contribution in [0.5, 0.6) is 0 Å². The normalized spacial score (nSPS) is 11.0. The summed E-state index contributed by atoms with van der Waals surface area (Å²) >= 11 is 0. The number of sulfonamides is 1. The lowest BCUT2D eigenvalue weighted by Gasteiger charge is -2.10. The molecule has 0 atom stereocenters. The first-order valence-corrected chi connectivity index (χ1v) is 8.23. The zero-order chi connectivity index (χ0) is 16.2. The second-order valence-corrected chi connectivity index (χ2v) is 6.34. The predicted molar refractivity (Wildman–Crippen MR) is 80.4 cm³/mol. The lowest BCUT2D eigenvalue weighted by atomic mass is 10.2. The summed E-state index contributed by atoms with van der Waals surface area (Å²) in [5.41, 5.74) is 0.414. The number of para-hydroxylation sites is 1. The highest BCUT2D eigenvalue weighted by Crippen LogP contribution is 2.18. The Morgan fingerprint density at radius 1 is 1.14 bits per heavy atom. The lowest BCUT2D eigenvalue weighted by molar-refractivity contribution is 0.0470. The molecule has 22 heavy (non-hydrogen) atoms. The molecule has 0 bridgehead atoms. The van der Waals surface area contributed by atoms with Crippen LogP contribution in [0.25, 0.3) is 0 Å². The van der Waals surface area contributed by atoms with Gasteiger partial charge in [0.25, 0.3) is 0 Å². The van der Waals surface area contributed by atoms with Gasteiger partial charge in [0.2, 0.25) is 10.0 Å². The number of rotatable bonds is 5. The van der Waals surface area contributed by atoms with Crippen LogP contribution < -0.4 is 4.72 Å². The van der Waals surface area contributed by atoms with Crippen molar-refractivity contribution in [3.05, 3.63) is 65.5 Å². The van der Waals surface area contributed by atoms with Crippen molar-refractivity contribution in [2.24, 2.45) is 0 Å². The van der Waals surface area contributed by atoms with Gasteiger partial charge < -0.3 is 4.74 Å². The van der Waals surface area contributed by atoms with Crippen molar-refractivity contribution < 1.29 is 22.3 Å². The lowest BCUT2D eigenvalue weighted by Crippen LogP contribution is -2.14. The fraction of sp³-hybridized carbons (Fsp3) is 0.133. The van der Waals surface area contributed by atoms with Crippen molar-refractivity contribution in [3.8, 4) is 0 Å². The average molecular weight is 323 g/mol. The van der Waals surface area contributed by atoms with Crippen LogP contribution in [0.4, 0.5) is 10.1 Å². The Kier molecular flexibility index (Phi) is 4.77. The molecular weight excluding hydrogens is 309 g/mol. The number of carbonyl (C=O) groups is 1. The number of ether oxygens (including phenoxy) is 1. The van der Waals surface area contributed by atoms with Gasteiger partial charge in [0.05, 0.1) is 17.5 Å². The maximum absolute atomic E-state index is 13.5. The second-order valence-electron chi connectivity index (χ2n) is 4.59. The summed E-state index contributed by atoms with van der Waals surface area (Å²) in [7, 11) is -3.52. The molecule has 2 rings (SSSR count). The van der Waals surface area contributed by atoms with E-state index in [0.717, 1.165) is 6.26 Å². The summed E-state index contributed by atoms with van der Waals surface area (Å²) in [6.45, 7) is -0.237. The summed E-state index contributed by atoms with van der Waals surface area (Å²) in [6, 6.07) is 12.0. The molecule has 2 aromatic carbocycles. The van der Waals surface area contributed by atoms with Gasteiger partial charge in [0.15, 0.2) is 0 Å². The van der Waals surface area contributed by atoms with Gasteiger partial charge in [-0.2, -0.15) is 0 Å². The third-order valence-electron chi connectivity index (χ3n) is 2.76. The van der Waals surface area contributed by atoms with E-state index in [9.17, 15) is 17.6 Å². The van der Waals surface area contributed by atoms with Gasteiger partial charge in [0, 0.05) is 5.56 Å². The van der Waals surface area contributed by atoms with Gasteiger partial charge in [-0.05, 0) is 18.2 Å². The van der Waals surface area contributed by atoms with Gasteiger partial charge >= 0.3 is 5.97 Å². The Bertz CT molecular complexity index is 790. The molecule has 0 amide bonds. The summed E-state index contributed by atoms with van der Waals surface area (Å²) in [5, 5.41) is 0. The van der Waals surface area contributed by atoms with E-state index in [1.807, 2.05) is 0 Å². The summed E-state index contributed by atoms with van der Waals surface area (Å²) in [4.78, 5) is 12.1. The Morgan fingerprint density at radius 3 is 2.45 bits per heavy atom. The number of halogens is 1.